The van der Waals surface area contributed by atoms with Crippen LogP contribution in [0.5, 0.6) is 11.5 Å². The smallest absolute Gasteiger partial charge is 0.417 e. The van der Waals surface area contributed by atoms with Crippen molar-refractivity contribution in [3.8, 4) is 33.8 Å². The van der Waals surface area contributed by atoms with Crippen LogP contribution in [0.15, 0.2) is 67.0 Å². The number of carboxylic acids is 1. The van der Waals surface area contributed by atoms with Gasteiger partial charge in [-0.1, -0.05) is 30.3 Å². The van der Waals surface area contributed by atoms with Crippen molar-refractivity contribution < 1.29 is 36.9 Å². The molecule has 1 N–H and O–H groups in total. The summed E-state index contributed by atoms with van der Waals surface area (Å²) in [6, 6.07) is 13.9. The maximum atomic E-state index is 15.3. The molecule has 2 aliphatic rings. The van der Waals surface area contributed by atoms with Crippen molar-refractivity contribution >= 4 is 5.97 Å². The van der Waals surface area contributed by atoms with Gasteiger partial charge in [0.1, 0.15) is 23.4 Å². The lowest BCUT2D eigenvalue weighted by molar-refractivity contribution is -0.138. The molecule has 4 aromatic rings. The maximum Gasteiger partial charge on any atom is 0.417 e. The molecule has 0 spiro atoms. The van der Waals surface area contributed by atoms with E-state index in [0.717, 1.165) is 16.7 Å². The van der Waals surface area contributed by atoms with E-state index in [1.807, 2.05) is 0 Å². The van der Waals surface area contributed by atoms with Crippen molar-refractivity contribution in [1.29, 1.82) is 0 Å². The Hall–Kier alpha value is -4.47. The van der Waals surface area contributed by atoms with E-state index in [0.29, 0.717) is 29.5 Å². The number of hydrogen-bond donors (Lipinski definition) is 1. The molecule has 3 aromatic carbocycles. The molecule has 204 valence electrons. The highest BCUT2D eigenvalue weighted by molar-refractivity contribution is 5.77. The van der Waals surface area contributed by atoms with E-state index in [2.05, 4.69) is 10.2 Å². The predicted molar refractivity (Wildman–Crippen MR) is 136 cm³/mol. The molecule has 2 heterocycles. The number of ether oxygens (including phenoxy) is 2. The van der Waals surface area contributed by atoms with Crippen LogP contribution in [-0.4, -0.2) is 27.9 Å². The van der Waals surface area contributed by atoms with E-state index >= 15 is 4.39 Å². The summed E-state index contributed by atoms with van der Waals surface area (Å²) in [5, 5.41) is 16.7. The second kappa shape index (κ2) is 9.93. The second-order valence-electron chi connectivity index (χ2n) is 9.83. The molecule has 6 nitrogen and oxygen atoms in total. The average molecular weight is 551 g/mol. The molecule has 0 saturated heterocycles. The van der Waals surface area contributed by atoms with Crippen LogP contribution in [0.25, 0.3) is 22.3 Å². The third kappa shape index (κ3) is 4.74. The highest BCUT2D eigenvalue weighted by atomic mass is 19.4. The molecule has 6 rings (SSSR count). The standard InChI is InChI=1S/C30H22F4N2O4/c31-24-13-23(30(32,33)34)28(17-3-1-16(2-4-17)18-9-10-35-36-14-18)22-7-8-25(29(22)24)40-20-5-6-21-19(11-27(37)38)15-39-26(21)12-20/h1-6,9-10,12-14,19,25H,7-8,11,15H2,(H,37,38)/t19-,25-/m1/s1. The number of nitrogens with zero attached hydrogens (tertiary/aromatic N) is 2. The van der Waals surface area contributed by atoms with E-state index in [4.69, 9.17) is 14.6 Å². The summed E-state index contributed by atoms with van der Waals surface area (Å²) in [6.45, 7) is 0.228. The van der Waals surface area contributed by atoms with Gasteiger partial charge in [-0.2, -0.15) is 23.4 Å². The largest absolute Gasteiger partial charge is 0.492 e. The number of rotatable bonds is 6. The van der Waals surface area contributed by atoms with Gasteiger partial charge in [0.2, 0.25) is 0 Å². The number of carbonyl (C=O) groups is 1. The summed E-state index contributed by atoms with van der Waals surface area (Å²) in [7, 11) is 0. The number of hydrogen-bond acceptors (Lipinski definition) is 5. The van der Waals surface area contributed by atoms with Crippen LogP contribution in [-0.2, 0) is 17.4 Å². The van der Waals surface area contributed by atoms with Gasteiger partial charge in [-0.05, 0) is 53.3 Å². The monoisotopic (exact) mass is 550 g/mol. The molecule has 1 aliphatic heterocycles. The van der Waals surface area contributed by atoms with Crippen molar-refractivity contribution in [2.75, 3.05) is 6.61 Å². The van der Waals surface area contributed by atoms with Crippen molar-refractivity contribution in [2.24, 2.45) is 0 Å². The van der Waals surface area contributed by atoms with Crippen LogP contribution in [0, 0.1) is 5.82 Å². The molecular weight excluding hydrogens is 528 g/mol. The first-order chi connectivity index (χ1) is 19.2. The topological polar surface area (TPSA) is 81.5 Å². The zero-order valence-electron chi connectivity index (χ0n) is 20.9. The van der Waals surface area contributed by atoms with Crippen molar-refractivity contribution in [2.45, 2.75) is 37.5 Å². The minimum atomic E-state index is -4.76. The summed E-state index contributed by atoms with van der Waals surface area (Å²) in [4.78, 5) is 11.1. The van der Waals surface area contributed by atoms with E-state index in [-0.39, 0.29) is 42.1 Å². The van der Waals surface area contributed by atoms with Crippen molar-refractivity contribution in [3.63, 3.8) is 0 Å². The summed E-state index contributed by atoms with van der Waals surface area (Å²) in [5.74, 6) is -1.33. The van der Waals surface area contributed by atoms with Crippen LogP contribution >= 0.6 is 0 Å². The van der Waals surface area contributed by atoms with E-state index in [1.54, 1.807) is 54.7 Å². The van der Waals surface area contributed by atoms with Crippen LogP contribution < -0.4 is 9.47 Å². The molecule has 0 amide bonds. The molecule has 2 atom stereocenters. The number of aliphatic carboxylic acids is 1. The Labute approximate surface area is 226 Å². The first-order valence-corrected chi connectivity index (χ1v) is 12.6. The first kappa shape index (κ1) is 25.8. The number of aromatic nitrogens is 2. The molecule has 1 aliphatic carbocycles. The Balaban J connectivity index is 1.35. The van der Waals surface area contributed by atoms with Crippen LogP contribution in [0.3, 0.4) is 0 Å². The lowest BCUT2D eigenvalue weighted by atomic mass is 9.90. The summed E-state index contributed by atoms with van der Waals surface area (Å²) >= 11 is 0. The SMILES string of the molecule is O=C(O)C[C@@H]1COc2cc(O[C@@H]3CCc4c(-c5ccc(-c6ccnnc6)cc5)c(C(F)(F)F)cc(F)c43)ccc21. The second-order valence-corrected chi connectivity index (χ2v) is 9.83. The molecule has 0 fully saturated rings. The van der Waals surface area contributed by atoms with Gasteiger partial charge in [0.05, 0.1) is 31.0 Å². The summed E-state index contributed by atoms with van der Waals surface area (Å²) in [6.07, 6.45) is -2.05. The molecule has 1 aromatic heterocycles. The highest BCUT2D eigenvalue weighted by Gasteiger charge is 2.40. The Kier molecular flexibility index (Phi) is 6.40. The van der Waals surface area contributed by atoms with E-state index in [9.17, 15) is 18.0 Å². The number of carboxylic acid groups (broad SMARTS) is 1. The third-order valence-corrected chi connectivity index (χ3v) is 7.36. The molecule has 0 radical (unpaired) electrons. The summed E-state index contributed by atoms with van der Waals surface area (Å²) < 4.78 is 69.5. The minimum absolute atomic E-state index is 0.0526. The number of alkyl halides is 3. The number of fused-ring (bicyclic) bond motifs is 2. The Bertz CT molecular complexity index is 1590. The average Bonchev–Trinajstić information content (AvgIpc) is 3.53. The fraction of sp³-hybridized carbons (Fsp3) is 0.233. The van der Waals surface area contributed by atoms with Crippen molar-refractivity contribution in [3.05, 3.63) is 95.1 Å². The van der Waals surface area contributed by atoms with Crippen LogP contribution in [0.4, 0.5) is 17.6 Å². The highest BCUT2D eigenvalue weighted by Crippen LogP contribution is 2.48. The lowest BCUT2D eigenvalue weighted by Gasteiger charge is -2.21. The number of benzene rings is 3. The quantitative estimate of drug-likeness (QED) is 0.261. The Morgan fingerprint density at radius 1 is 1.02 bits per heavy atom. The van der Waals surface area contributed by atoms with Gasteiger partial charge in [0.15, 0.2) is 0 Å². The van der Waals surface area contributed by atoms with Gasteiger partial charge in [-0.25, -0.2) is 4.39 Å². The fourth-order valence-corrected chi connectivity index (χ4v) is 5.58. The van der Waals surface area contributed by atoms with Crippen LogP contribution in [0.2, 0.25) is 0 Å². The zero-order chi connectivity index (χ0) is 28.0. The van der Waals surface area contributed by atoms with Gasteiger partial charge < -0.3 is 14.6 Å². The van der Waals surface area contributed by atoms with Gasteiger partial charge in [0, 0.05) is 28.7 Å². The van der Waals surface area contributed by atoms with Gasteiger partial charge >= 0.3 is 12.1 Å². The van der Waals surface area contributed by atoms with Gasteiger partial charge in [0.25, 0.3) is 0 Å². The number of halogens is 4. The van der Waals surface area contributed by atoms with Gasteiger partial charge in [-0.3, -0.25) is 4.79 Å². The molecule has 10 heteroatoms. The zero-order valence-corrected chi connectivity index (χ0v) is 20.9. The lowest BCUT2D eigenvalue weighted by Crippen LogP contribution is -2.12. The molecule has 0 unspecified atom stereocenters. The Morgan fingerprint density at radius 2 is 1.80 bits per heavy atom. The normalized spacial score (nSPS) is 17.7. The van der Waals surface area contributed by atoms with Gasteiger partial charge in [-0.15, -0.1) is 0 Å². The van der Waals surface area contributed by atoms with Crippen molar-refractivity contribution in [1.82, 2.24) is 10.2 Å². The predicted octanol–water partition coefficient (Wildman–Crippen LogP) is 6.99. The fourth-order valence-electron chi connectivity index (χ4n) is 5.58. The Morgan fingerprint density at radius 3 is 2.50 bits per heavy atom. The third-order valence-electron chi connectivity index (χ3n) is 7.36. The molecular formula is C30H22F4N2O4. The van der Waals surface area contributed by atoms with E-state index < -0.39 is 29.6 Å². The van der Waals surface area contributed by atoms with E-state index in [1.165, 1.54) is 6.20 Å². The molecule has 0 saturated carbocycles. The maximum absolute atomic E-state index is 15.3. The molecule has 40 heavy (non-hydrogen) atoms. The first-order valence-electron chi connectivity index (χ1n) is 12.6. The van der Waals surface area contributed by atoms with Crippen LogP contribution in [0.1, 0.15) is 47.1 Å². The molecule has 0 bridgehead atoms. The minimum Gasteiger partial charge on any atom is -0.492 e. The summed E-state index contributed by atoms with van der Waals surface area (Å²) in [5.41, 5.74) is 1.90.